The van der Waals surface area contributed by atoms with Crippen molar-refractivity contribution in [3.63, 3.8) is 0 Å². The number of nitrogens with one attached hydrogen (secondary N) is 1. The number of amides is 1. The fourth-order valence-electron chi connectivity index (χ4n) is 5.06. The van der Waals surface area contributed by atoms with E-state index in [2.05, 4.69) is 53.3 Å². The Kier molecular flexibility index (Phi) is 6.70. The molecule has 0 bridgehead atoms. The number of hydrogen-bond donors (Lipinski definition) is 1. The molecule has 4 aromatic heterocycles. The van der Waals surface area contributed by atoms with Gasteiger partial charge in [-0.1, -0.05) is 6.92 Å². The van der Waals surface area contributed by atoms with Gasteiger partial charge in [-0.2, -0.15) is 10.2 Å². The second kappa shape index (κ2) is 9.95. The largest absolute Gasteiger partial charge is 0.357 e. The molecule has 5 rings (SSSR count). The standard InChI is InChI=1S/C28H36N8O/c1-6-28(27(37)32-19(2)3)10-13-34(14-11-28)25-8-7-21(15-29-25)26-24-9-12-30-36(24)18-23(33-26)22-16-31-35(17-22)20(4)5/h7-9,12,15-20H,6,10-11,13-14H2,1-5H3,(H,32,37). The van der Waals surface area contributed by atoms with Gasteiger partial charge >= 0.3 is 0 Å². The minimum Gasteiger partial charge on any atom is -0.357 e. The van der Waals surface area contributed by atoms with Crippen LogP contribution in [0.25, 0.3) is 28.0 Å². The third-order valence-corrected chi connectivity index (χ3v) is 7.46. The van der Waals surface area contributed by atoms with E-state index < -0.39 is 0 Å². The van der Waals surface area contributed by atoms with Crippen molar-refractivity contribution < 1.29 is 4.79 Å². The molecule has 1 aliphatic rings. The van der Waals surface area contributed by atoms with Gasteiger partial charge in [0.05, 0.1) is 40.9 Å². The number of aromatic nitrogens is 6. The smallest absolute Gasteiger partial charge is 0.226 e. The van der Waals surface area contributed by atoms with Crippen LogP contribution in [-0.2, 0) is 4.79 Å². The lowest BCUT2D eigenvalue weighted by atomic mass is 9.75. The number of hydrogen-bond acceptors (Lipinski definition) is 6. The molecule has 0 aliphatic carbocycles. The zero-order valence-electron chi connectivity index (χ0n) is 22.3. The lowest BCUT2D eigenvalue weighted by Crippen LogP contribution is -2.50. The number of fused-ring (bicyclic) bond motifs is 1. The highest BCUT2D eigenvalue weighted by atomic mass is 16.2. The van der Waals surface area contributed by atoms with Crippen molar-refractivity contribution in [2.45, 2.75) is 66.0 Å². The lowest BCUT2D eigenvalue weighted by Gasteiger charge is -2.41. The van der Waals surface area contributed by atoms with E-state index in [0.717, 1.165) is 66.2 Å². The average Bonchev–Trinajstić information content (AvgIpc) is 3.58. The van der Waals surface area contributed by atoms with Crippen LogP contribution in [0.2, 0.25) is 0 Å². The number of rotatable bonds is 7. The maximum Gasteiger partial charge on any atom is 0.226 e. The fourth-order valence-corrected chi connectivity index (χ4v) is 5.06. The summed E-state index contributed by atoms with van der Waals surface area (Å²) in [5, 5.41) is 12.1. The van der Waals surface area contributed by atoms with Crippen molar-refractivity contribution in [1.82, 2.24) is 34.7 Å². The molecule has 4 aromatic rings. The van der Waals surface area contributed by atoms with Crippen LogP contribution < -0.4 is 10.2 Å². The minimum atomic E-state index is -0.290. The van der Waals surface area contributed by atoms with E-state index in [4.69, 9.17) is 9.97 Å². The molecule has 0 unspecified atom stereocenters. The molecular weight excluding hydrogens is 464 g/mol. The first kappa shape index (κ1) is 24.9. The zero-order valence-corrected chi connectivity index (χ0v) is 22.3. The van der Waals surface area contributed by atoms with Gasteiger partial charge < -0.3 is 10.2 Å². The number of piperidine rings is 1. The van der Waals surface area contributed by atoms with Crippen LogP contribution in [0.4, 0.5) is 5.82 Å². The molecule has 5 heterocycles. The highest BCUT2D eigenvalue weighted by Gasteiger charge is 2.40. The van der Waals surface area contributed by atoms with Crippen LogP contribution in [0.15, 0.2) is 49.2 Å². The Labute approximate surface area is 217 Å². The maximum atomic E-state index is 12.9. The molecule has 1 fully saturated rings. The number of nitrogens with zero attached hydrogens (tertiary/aromatic N) is 7. The molecule has 0 radical (unpaired) electrons. The van der Waals surface area contributed by atoms with Gasteiger partial charge in [-0.05, 0) is 65.2 Å². The first-order chi connectivity index (χ1) is 17.8. The summed E-state index contributed by atoms with van der Waals surface area (Å²) in [6, 6.07) is 6.53. The van der Waals surface area contributed by atoms with Crippen LogP contribution in [0.1, 0.15) is 59.9 Å². The highest BCUT2D eigenvalue weighted by Crippen LogP contribution is 2.37. The quantitative estimate of drug-likeness (QED) is 0.393. The van der Waals surface area contributed by atoms with Crippen LogP contribution in [0.5, 0.6) is 0 Å². The number of anilines is 1. The van der Waals surface area contributed by atoms with E-state index in [1.807, 2.05) is 53.9 Å². The van der Waals surface area contributed by atoms with Crippen LogP contribution in [0.3, 0.4) is 0 Å². The molecule has 0 atom stereocenters. The highest BCUT2D eigenvalue weighted by molar-refractivity contribution is 5.83. The normalized spacial score (nSPS) is 15.6. The van der Waals surface area contributed by atoms with Gasteiger partial charge in [0, 0.05) is 48.7 Å². The Morgan fingerprint density at radius 3 is 2.43 bits per heavy atom. The van der Waals surface area contributed by atoms with Crippen molar-refractivity contribution >= 4 is 17.2 Å². The monoisotopic (exact) mass is 500 g/mol. The number of pyridine rings is 1. The Hall–Kier alpha value is -3.75. The topological polar surface area (TPSA) is 93.2 Å². The van der Waals surface area contributed by atoms with Crippen molar-refractivity contribution in [1.29, 1.82) is 0 Å². The van der Waals surface area contributed by atoms with E-state index in [1.54, 1.807) is 6.20 Å². The molecule has 1 N–H and O–H groups in total. The summed E-state index contributed by atoms with van der Waals surface area (Å²) in [5.41, 5.74) is 4.17. The first-order valence-electron chi connectivity index (χ1n) is 13.2. The Balaban J connectivity index is 1.38. The minimum absolute atomic E-state index is 0.156. The lowest BCUT2D eigenvalue weighted by molar-refractivity contribution is -0.133. The molecule has 1 aliphatic heterocycles. The molecule has 37 heavy (non-hydrogen) atoms. The summed E-state index contributed by atoms with van der Waals surface area (Å²) in [7, 11) is 0. The van der Waals surface area contributed by atoms with Gasteiger partial charge in [0.2, 0.25) is 5.91 Å². The van der Waals surface area contributed by atoms with E-state index in [1.165, 1.54) is 0 Å². The molecule has 1 saturated heterocycles. The summed E-state index contributed by atoms with van der Waals surface area (Å²) >= 11 is 0. The molecule has 1 amide bonds. The van der Waals surface area contributed by atoms with Crippen molar-refractivity contribution in [2.75, 3.05) is 18.0 Å². The van der Waals surface area contributed by atoms with E-state index in [0.29, 0.717) is 0 Å². The first-order valence-corrected chi connectivity index (χ1v) is 13.2. The molecular formula is C28H36N8O. The van der Waals surface area contributed by atoms with Gasteiger partial charge in [-0.3, -0.25) is 9.48 Å². The van der Waals surface area contributed by atoms with Crippen LogP contribution >= 0.6 is 0 Å². The Bertz CT molecular complexity index is 1380. The average molecular weight is 501 g/mol. The van der Waals surface area contributed by atoms with Gasteiger partial charge in [-0.25, -0.2) is 14.5 Å². The van der Waals surface area contributed by atoms with Gasteiger partial charge in [0.1, 0.15) is 5.82 Å². The van der Waals surface area contributed by atoms with Gasteiger partial charge in [0.25, 0.3) is 0 Å². The molecule has 0 aromatic carbocycles. The Morgan fingerprint density at radius 2 is 1.81 bits per heavy atom. The molecule has 9 heteroatoms. The zero-order chi connectivity index (χ0) is 26.2. The Morgan fingerprint density at radius 1 is 1.03 bits per heavy atom. The molecule has 194 valence electrons. The van der Waals surface area contributed by atoms with Crippen molar-refractivity contribution in [2.24, 2.45) is 5.41 Å². The van der Waals surface area contributed by atoms with Crippen molar-refractivity contribution in [3.8, 4) is 22.5 Å². The fraction of sp³-hybridized carbons (Fsp3) is 0.464. The summed E-state index contributed by atoms with van der Waals surface area (Å²) in [4.78, 5) is 25.0. The third-order valence-electron chi connectivity index (χ3n) is 7.46. The second-order valence-electron chi connectivity index (χ2n) is 10.6. The SMILES string of the molecule is CCC1(C(=O)NC(C)C)CCN(c2ccc(-c3nc(-c4cnn(C(C)C)c4)cn4nccc34)cn2)CC1. The number of carbonyl (C=O) groups is 1. The van der Waals surface area contributed by atoms with Gasteiger partial charge in [0.15, 0.2) is 0 Å². The van der Waals surface area contributed by atoms with E-state index >= 15 is 0 Å². The summed E-state index contributed by atoms with van der Waals surface area (Å²) in [6.07, 6.45) is 12.0. The molecule has 0 spiro atoms. The maximum absolute atomic E-state index is 12.9. The number of carbonyl (C=O) groups excluding carboxylic acids is 1. The molecule has 0 saturated carbocycles. The predicted molar refractivity (Wildman–Crippen MR) is 145 cm³/mol. The summed E-state index contributed by atoms with van der Waals surface area (Å²) < 4.78 is 3.79. The van der Waals surface area contributed by atoms with Crippen molar-refractivity contribution in [3.05, 3.63) is 49.2 Å². The molecule has 9 nitrogen and oxygen atoms in total. The van der Waals surface area contributed by atoms with E-state index in [9.17, 15) is 4.79 Å². The second-order valence-corrected chi connectivity index (χ2v) is 10.6. The summed E-state index contributed by atoms with van der Waals surface area (Å²) in [6.45, 7) is 12.0. The predicted octanol–water partition coefficient (Wildman–Crippen LogP) is 4.76. The summed E-state index contributed by atoms with van der Waals surface area (Å²) in [5.74, 6) is 1.11. The van der Waals surface area contributed by atoms with Crippen LogP contribution in [-0.4, -0.2) is 54.4 Å². The van der Waals surface area contributed by atoms with E-state index in [-0.39, 0.29) is 23.4 Å². The van der Waals surface area contributed by atoms with Gasteiger partial charge in [-0.15, -0.1) is 0 Å². The third kappa shape index (κ3) is 4.82. The van der Waals surface area contributed by atoms with Crippen LogP contribution in [0, 0.1) is 5.41 Å².